The highest BCUT2D eigenvalue weighted by Crippen LogP contribution is 2.17. The molecule has 0 unspecified atom stereocenters. The Hall–Kier alpha value is -2.15. The number of nitrogens with zero attached hydrogens (tertiary/aromatic N) is 1. The Labute approximate surface area is 106 Å². The van der Waals surface area contributed by atoms with Crippen LogP contribution in [-0.4, -0.2) is 18.9 Å². The minimum absolute atomic E-state index is 0.118. The second-order valence-corrected chi connectivity index (χ2v) is 3.78. The minimum Gasteiger partial charge on any atom is -0.466 e. The van der Waals surface area contributed by atoms with Crippen molar-refractivity contribution in [2.24, 2.45) is 0 Å². The third-order valence-corrected chi connectivity index (χ3v) is 2.58. The van der Waals surface area contributed by atoms with Crippen LogP contribution in [0.2, 0.25) is 0 Å². The molecule has 0 aliphatic carbocycles. The molecule has 0 saturated heterocycles. The van der Waals surface area contributed by atoms with Crippen molar-refractivity contribution in [3.05, 3.63) is 34.4 Å². The first-order chi connectivity index (χ1) is 8.65. The Morgan fingerprint density at radius 1 is 1.44 bits per heavy atom. The molecule has 4 heteroatoms. The topological polar surface area (TPSA) is 67.2 Å². The van der Waals surface area contributed by atoms with Crippen LogP contribution in [0.15, 0.2) is 12.1 Å². The lowest BCUT2D eigenvalue weighted by Gasteiger charge is -2.08. The van der Waals surface area contributed by atoms with Crippen molar-refractivity contribution >= 4 is 12.3 Å². The van der Waals surface area contributed by atoms with E-state index in [-0.39, 0.29) is 12.4 Å². The number of aryl methyl sites for hydroxylation is 1. The molecule has 1 aromatic carbocycles. The van der Waals surface area contributed by atoms with Crippen LogP contribution in [0.1, 0.15) is 40.9 Å². The maximum atomic E-state index is 11.4. The summed E-state index contributed by atoms with van der Waals surface area (Å²) in [7, 11) is 0. The number of rotatable bonds is 5. The van der Waals surface area contributed by atoms with Crippen LogP contribution in [0.5, 0.6) is 0 Å². The highest BCUT2D eigenvalue weighted by molar-refractivity contribution is 5.81. The van der Waals surface area contributed by atoms with E-state index in [0.29, 0.717) is 36.0 Å². The Morgan fingerprint density at radius 3 is 2.67 bits per heavy atom. The fourth-order valence-corrected chi connectivity index (χ4v) is 1.78. The second-order valence-electron chi connectivity index (χ2n) is 3.78. The van der Waals surface area contributed by atoms with Gasteiger partial charge in [0, 0.05) is 5.56 Å². The lowest BCUT2D eigenvalue weighted by molar-refractivity contribution is -0.142. The highest BCUT2D eigenvalue weighted by atomic mass is 16.5. The number of benzene rings is 1. The number of nitriles is 1. The Balaban J connectivity index is 3.12. The van der Waals surface area contributed by atoms with E-state index in [4.69, 9.17) is 10.00 Å². The molecule has 1 aromatic rings. The average Bonchev–Trinajstić information content (AvgIpc) is 2.37. The smallest absolute Gasteiger partial charge is 0.310 e. The molecule has 0 amide bonds. The number of carbonyl (C=O) groups is 2. The lowest BCUT2D eigenvalue weighted by Crippen LogP contribution is -2.09. The molecule has 4 nitrogen and oxygen atoms in total. The molecule has 0 radical (unpaired) electrons. The third kappa shape index (κ3) is 3.17. The minimum atomic E-state index is -0.332. The molecule has 0 N–H and O–H groups in total. The fourth-order valence-electron chi connectivity index (χ4n) is 1.78. The van der Waals surface area contributed by atoms with Crippen LogP contribution < -0.4 is 0 Å². The maximum absolute atomic E-state index is 11.4. The van der Waals surface area contributed by atoms with Crippen molar-refractivity contribution < 1.29 is 14.3 Å². The van der Waals surface area contributed by atoms with Crippen molar-refractivity contribution in [3.8, 4) is 6.07 Å². The molecule has 0 spiro atoms. The summed E-state index contributed by atoms with van der Waals surface area (Å²) in [6, 6.07) is 5.38. The first-order valence-corrected chi connectivity index (χ1v) is 5.82. The van der Waals surface area contributed by atoms with E-state index >= 15 is 0 Å². The van der Waals surface area contributed by atoms with Crippen LogP contribution in [0, 0.1) is 11.3 Å². The SMILES string of the molecule is CCOC(=O)Cc1cc(C=O)c(C#N)c(CC)c1. The average molecular weight is 245 g/mol. The van der Waals surface area contributed by atoms with E-state index < -0.39 is 0 Å². The third-order valence-electron chi connectivity index (χ3n) is 2.58. The molecule has 0 heterocycles. The number of ether oxygens (including phenoxy) is 1. The highest BCUT2D eigenvalue weighted by Gasteiger charge is 2.11. The number of hydrogen-bond acceptors (Lipinski definition) is 4. The molecule has 0 aromatic heterocycles. The zero-order valence-electron chi connectivity index (χ0n) is 10.5. The van der Waals surface area contributed by atoms with Gasteiger partial charge in [-0.25, -0.2) is 0 Å². The molecule has 0 aliphatic rings. The van der Waals surface area contributed by atoms with Crippen molar-refractivity contribution in [1.82, 2.24) is 0 Å². The zero-order valence-corrected chi connectivity index (χ0v) is 10.5. The van der Waals surface area contributed by atoms with Gasteiger partial charge in [-0.05, 0) is 30.5 Å². The van der Waals surface area contributed by atoms with Gasteiger partial charge in [0.05, 0.1) is 18.6 Å². The van der Waals surface area contributed by atoms with Gasteiger partial charge < -0.3 is 4.74 Å². The van der Waals surface area contributed by atoms with Crippen molar-refractivity contribution in [2.45, 2.75) is 26.7 Å². The molecule has 18 heavy (non-hydrogen) atoms. The maximum Gasteiger partial charge on any atom is 0.310 e. The van der Waals surface area contributed by atoms with E-state index in [9.17, 15) is 9.59 Å². The molecular weight excluding hydrogens is 230 g/mol. The second kappa shape index (κ2) is 6.55. The first kappa shape index (κ1) is 13.9. The zero-order chi connectivity index (χ0) is 13.5. The molecular formula is C14H15NO3. The summed E-state index contributed by atoms with van der Waals surface area (Å²) >= 11 is 0. The summed E-state index contributed by atoms with van der Waals surface area (Å²) in [6.45, 7) is 3.97. The van der Waals surface area contributed by atoms with E-state index in [1.807, 2.05) is 13.0 Å². The normalized spacial score (nSPS) is 9.61. The van der Waals surface area contributed by atoms with Crippen molar-refractivity contribution in [1.29, 1.82) is 5.26 Å². The summed E-state index contributed by atoms with van der Waals surface area (Å²) in [5.41, 5.74) is 2.20. The predicted octanol–water partition coefficient (Wildman–Crippen LogP) is 2.04. The van der Waals surface area contributed by atoms with E-state index in [1.54, 1.807) is 19.1 Å². The summed E-state index contributed by atoms with van der Waals surface area (Å²) in [5, 5.41) is 9.02. The van der Waals surface area contributed by atoms with Gasteiger partial charge in [-0.15, -0.1) is 0 Å². The monoisotopic (exact) mass is 245 g/mol. The van der Waals surface area contributed by atoms with Gasteiger partial charge in [-0.1, -0.05) is 13.0 Å². The molecule has 0 aliphatic heterocycles. The molecule has 0 bridgehead atoms. The van der Waals surface area contributed by atoms with Gasteiger partial charge in [0.2, 0.25) is 0 Å². The quantitative estimate of drug-likeness (QED) is 0.588. The number of carbonyl (C=O) groups excluding carboxylic acids is 2. The van der Waals surface area contributed by atoms with Gasteiger partial charge >= 0.3 is 5.97 Å². The summed E-state index contributed by atoms with van der Waals surface area (Å²) < 4.78 is 4.86. The van der Waals surface area contributed by atoms with Crippen LogP contribution >= 0.6 is 0 Å². The van der Waals surface area contributed by atoms with Crippen LogP contribution in [0.3, 0.4) is 0 Å². The van der Waals surface area contributed by atoms with E-state index in [2.05, 4.69) is 0 Å². The summed E-state index contributed by atoms with van der Waals surface area (Å²) in [5.74, 6) is -0.332. The van der Waals surface area contributed by atoms with Gasteiger partial charge in [0.1, 0.15) is 6.07 Å². The van der Waals surface area contributed by atoms with Crippen LogP contribution in [0.25, 0.3) is 0 Å². The summed E-state index contributed by atoms with van der Waals surface area (Å²) in [4.78, 5) is 22.3. The van der Waals surface area contributed by atoms with Crippen LogP contribution in [-0.2, 0) is 22.4 Å². The van der Waals surface area contributed by atoms with E-state index in [0.717, 1.165) is 5.56 Å². The molecule has 0 atom stereocenters. The largest absolute Gasteiger partial charge is 0.466 e. The van der Waals surface area contributed by atoms with Crippen molar-refractivity contribution in [2.75, 3.05) is 6.61 Å². The number of esters is 1. The molecule has 1 rings (SSSR count). The van der Waals surface area contributed by atoms with Gasteiger partial charge in [-0.2, -0.15) is 5.26 Å². The van der Waals surface area contributed by atoms with Crippen LogP contribution in [0.4, 0.5) is 0 Å². The number of aldehydes is 1. The van der Waals surface area contributed by atoms with Gasteiger partial charge in [0.25, 0.3) is 0 Å². The van der Waals surface area contributed by atoms with Gasteiger partial charge in [-0.3, -0.25) is 9.59 Å². The number of hydrogen-bond donors (Lipinski definition) is 0. The molecule has 94 valence electrons. The Morgan fingerprint density at radius 2 is 2.17 bits per heavy atom. The molecule has 0 fully saturated rings. The Kier molecular flexibility index (Phi) is 5.06. The Bertz CT molecular complexity index is 500. The van der Waals surface area contributed by atoms with Gasteiger partial charge in [0.15, 0.2) is 6.29 Å². The van der Waals surface area contributed by atoms with Crippen molar-refractivity contribution in [3.63, 3.8) is 0 Å². The standard InChI is InChI=1S/C14H15NO3/c1-3-11-5-10(7-14(17)18-4-2)6-12(9-16)13(11)8-15/h5-6,9H,3-4,7H2,1-2H3. The summed E-state index contributed by atoms with van der Waals surface area (Å²) in [6.07, 6.45) is 1.40. The fraction of sp³-hybridized carbons (Fsp3) is 0.357. The molecule has 0 saturated carbocycles. The first-order valence-electron chi connectivity index (χ1n) is 5.82. The lowest BCUT2D eigenvalue weighted by atomic mass is 9.96. The van der Waals surface area contributed by atoms with E-state index in [1.165, 1.54) is 0 Å². The predicted molar refractivity (Wildman–Crippen MR) is 66.3 cm³/mol.